The highest BCUT2D eigenvalue weighted by atomic mass is 35.5. The number of rotatable bonds is 6. The van der Waals surface area contributed by atoms with Crippen molar-refractivity contribution in [1.82, 2.24) is 5.32 Å². The van der Waals surface area contributed by atoms with Crippen LogP contribution in [0.15, 0.2) is 24.3 Å². The molecule has 112 valence electrons. The molecular weight excluding hydrogens is 270 g/mol. The zero-order valence-electron chi connectivity index (χ0n) is 12.3. The van der Waals surface area contributed by atoms with E-state index in [9.17, 15) is 5.11 Å². The lowest BCUT2D eigenvalue weighted by Crippen LogP contribution is -2.37. The standard InChI is InChI=1S/C17H26ClNO/c1-13(10-14-6-8-17(18)9-7-14)19-11-15-4-2-3-5-16(15)12-20/h6-9,13,15-16,19-20H,2-5,10-12H2,1H3. The molecule has 2 nitrogen and oxygen atoms in total. The Hall–Kier alpha value is -0.570. The van der Waals surface area contributed by atoms with Gasteiger partial charge in [-0.1, -0.05) is 36.6 Å². The fraction of sp³-hybridized carbons (Fsp3) is 0.647. The van der Waals surface area contributed by atoms with Crippen LogP contribution in [0.5, 0.6) is 0 Å². The Bertz CT molecular complexity index is 392. The Balaban J connectivity index is 1.76. The summed E-state index contributed by atoms with van der Waals surface area (Å²) in [5, 5.41) is 13.9. The average molecular weight is 296 g/mol. The molecular formula is C17H26ClNO. The Morgan fingerprint density at radius 3 is 2.50 bits per heavy atom. The molecule has 3 unspecified atom stereocenters. The molecule has 1 saturated carbocycles. The first-order valence-corrected chi connectivity index (χ1v) is 8.15. The number of aliphatic hydroxyl groups excluding tert-OH is 1. The van der Waals surface area contributed by atoms with E-state index in [1.165, 1.54) is 31.2 Å². The van der Waals surface area contributed by atoms with E-state index in [1.807, 2.05) is 12.1 Å². The topological polar surface area (TPSA) is 32.3 Å². The van der Waals surface area contributed by atoms with Crippen molar-refractivity contribution in [1.29, 1.82) is 0 Å². The molecule has 0 bridgehead atoms. The molecule has 1 fully saturated rings. The van der Waals surface area contributed by atoms with Crippen LogP contribution in [0.4, 0.5) is 0 Å². The lowest BCUT2D eigenvalue weighted by atomic mass is 9.79. The van der Waals surface area contributed by atoms with Gasteiger partial charge in [0.1, 0.15) is 0 Å². The molecule has 0 aromatic heterocycles. The van der Waals surface area contributed by atoms with Gasteiger partial charge in [0.2, 0.25) is 0 Å². The summed E-state index contributed by atoms with van der Waals surface area (Å²) in [6.45, 7) is 3.60. The molecule has 0 spiro atoms. The summed E-state index contributed by atoms with van der Waals surface area (Å²) in [5.74, 6) is 1.14. The lowest BCUT2D eigenvalue weighted by Gasteiger charge is -2.31. The third kappa shape index (κ3) is 4.76. The molecule has 20 heavy (non-hydrogen) atoms. The van der Waals surface area contributed by atoms with Crippen LogP contribution in [0.2, 0.25) is 5.02 Å². The average Bonchev–Trinajstić information content (AvgIpc) is 2.48. The Labute approximate surface area is 127 Å². The van der Waals surface area contributed by atoms with E-state index in [2.05, 4.69) is 24.4 Å². The van der Waals surface area contributed by atoms with Crippen LogP contribution in [0.3, 0.4) is 0 Å². The van der Waals surface area contributed by atoms with Crippen LogP contribution in [0, 0.1) is 11.8 Å². The molecule has 0 radical (unpaired) electrons. The van der Waals surface area contributed by atoms with Gasteiger partial charge in [0.15, 0.2) is 0 Å². The van der Waals surface area contributed by atoms with Crippen LogP contribution in [0.1, 0.15) is 38.2 Å². The minimum atomic E-state index is 0.345. The highest BCUT2D eigenvalue weighted by Gasteiger charge is 2.24. The summed E-state index contributed by atoms with van der Waals surface area (Å²) in [5.41, 5.74) is 1.32. The van der Waals surface area contributed by atoms with Crippen LogP contribution < -0.4 is 5.32 Å². The molecule has 0 aliphatic heterocycles. The van der Waals surface area contributed by atoms with Crippen molar-refractivity contribution in [2.75, 3.05) is 13.2 Å². The molecule has 3 atom stereocenters. The number of nitrogens with one attached hydrogen (secondary N) is 1. The highest BCUT2D eigenvalue weighted by molar-refractivity contribution is 6.30. The second kappa shape index (κ2) is 8.02. The van der Waals surface area contributed by atoms with Crippen molar-refractivity contribution in [3.63, 3.8) is 0 Å². The van der Waals surface area contributed by atoms with E-state index in [-0.39, 0.29) is 0 Å². The van der Waals surface area contributed by atoms with Gasteiger partial charge in [0.05, 0.1) is 0 Å². The maximum Gasteiger partial charge on any atom is 0.0462 e. The fourth-order valence-corrected chi connectivity index (χ4v) is 3.32. The molecule has 2 N–H and O–H groups in total. The van der Waals surface area contributed by atoms with E-state index in [0.29, 0.717) is 24.5 Å². The summed E-state index contributed by atoms with van der Waals surface area (Å²) < 4.78 is 0. The third-order valence-corrected chi connectivity index (χ3v) is 4.74. The van der Waals surface area contributed by atoms with E-state index in [1.54, 1.807) is 0 Å². The van der Waals surface area contributed by atoms with Crippen LogP contribution >= 0.6 is 11.6 Å². The molecule has 1 aliphatic rings. The van der Waals surface area contributed by atoms with Crippen molar-refractivity contribution in [3.05, 3.63) is 34.9 Å². The zero-order chi connectivity index (χ0) is 14.4. The van der Waals surface area contributed by atoms with Crippen LogP contribution in [-0.2, 0) is 6.42 Å². The quantitative estimate of drug-likeness (QED) is 0.839. The Morgan fingerprint density at radius 1 is 1.20 bits per heavy atom. The summed E-state index contributed by atoms with van der Waals surface area (Å²) in [7, 11) is 0. The van der Waals surface area contributed by atoms with Crippen molar-refractivity contribution in [2.24, 2.45) is 11.8 Å². The Kier molecular flexibility index (Phi) is 6.34. The van der Waals surface area contributed by atoms with Gasteiger partial charge in [-0.05, 0) is 62.3 Å². The molecule has 0 saturated heterocycles. The number of hydrogen-bond acceptors (Lipinski definition) is 2. The van der Waals surface area contributed by atoms with Gasteiger partial charge in [0, 0.05) is 17.7 Å². The maximum absolute atomic E-state index is 9.45. The first-order chi connectivity index (χ1) is 9.69. The molecule has 1 aliphatic carbocycles. The zero-order valence-corrected chi connectivity index (χ0v) is 13.1. The predicted octanol–water partition coefficient (Wildman–Crippen LogP) is 3.66. The Morgan fingerprint density at radius 2 is 1.85 bits per heavy atom. The largest absolute Gasteiger partial charge is 0.396 e. The van der Waals surface area contributed by atoms with Gasteiger partial charge in [-0.25, -0.2) is 0 Å². The first-order valence-electron chi connectivity index (χ1n) is 7.77. The van der Waals surface area contributed by atoms with Crippen molar-refractivity contribution >= 4 is 11.6 Å². The summed E-state index contributed by atoms with van der Waals surface area (Å²) in [6.07, 6.45) is 6.06. The molecule has 2 rings (SSSR count). The van der Waals surface area contributed by atoms with Gasteiger partial charge in [-0.3, -0.25) is 0 Å². The predicted molar refractivity (Wildman–Crippen MR) is 85.2 cm³/mol. The SMILES string of the molecule is CC(Cc1ccc(Cl)cc1)NCC1CCCCC1CO. The molecule has 0 heterocycles. The van der Waals surface area contributed by atoms with Crippen molar-refractivity contribution < 1.29 is 5.11 Å². The molecule has 1 aromatic carbocycles. The normalized spacial score (nSPS) is 24.6. The minimum Gasteiger partial charge on any atom is -0.396 e. The van der Waals surface area contributed by atoms with Gasteiger partial charge in [-0.2, -0.15) is 0 Å². The molecule has 1 aromatic rings. The number of halogens is 1. The molecule has 3 heteroatoms. The van der Waals surface area contributed by atoms with E-state index in [0.717, 1.165) is 18.0 Å². The third-order valence-electron chi connectivity index (χ3n) is 4.48. The van der Waals surface area contributed by atoms with Gasteiger partial charge < -0.3 is 10.4 Å². The van der Waals surface area contributed by atoms with Crippen molar-refractivity contribution in [3.8, 4) is 0 Å². The fourth-order valence-electron chi connectivity index (χ4n) is 3.19. The smallest absolute Gasteiger partial charge is 0.0462 e. The van der Waals surface area contributed by atoms with Gasteiger partial charge >= 0.3 is 0 Å². The number of benzene rings is 1. The van der Waals surface area contributed by atoms with Gasteiger partial charge in [0.25, 0.3) is 0 Å². The summed E-state index contributed by atoms with van der Waals surface area (Å²) in [6, 6.07) is 8.55. The van der Waals surface area contributed by atoms with Crippen LogP contribution in [0.25, 0.3) is 0 Å². The number of hydrogen-bond donors (Lipinski definition) is 2. The van der Waals surface area contributed by atoms with E-state index < -0.39 is 0 Å². The number of aliphatic hydroxyl groups is 1. The second-order valence-corrected chi connectivity index (χ2v) is 6.56. The summed E-state index contributed by atoms with van der Waals surface area (Å²) in [4.78, 5) is 0. The highest BCUT2D eigenvalue weighted by Crippen LogP contribution is 2.29. The maximum atomic E-state index is 9.45. The molecule has 0 amide bonds. The monoisotopic (exact) mass is 295 g/mol. The van der Waals surface area contributed by atoms with Crippen LogP contribution in [-0.4, -0.2) is 24.3 Å². The lowest BCUT2D eigenvalue weighted by molar-refractivity contribution is 0.131. The minimum absolute atomic E-state index is 0.345. The second-order valence-electron chi connectivity index (χ2n) is 6.13. The van der Waals surface area contributed by atoms with E-state index in [4.69, 9.17) is 11.6 Å². The summed E-state index contributed by atoms with van der Waals surface area (Å²) >= 11 is 5.90. The van der Waals surface area contributed by atoms with E-state index >= 15 is 0 Å². The van der Waals surface area contributed by atoms with Crippen molar-refractivity contribution in [2.45, 2.75) is 45.1 Å². The van der Waals surface area contributed by atoms with Gasteiger partial charge in [-0.15, -0.1) is 0 Å². The first kappa shape index (κ1) is 15.8.